The highest BCUT2D eigenvalue weighted by Crippen LogP contribution is 2.31. The molecule has 0 aliphatic carbocycles. The molecule has 0 amide bonds. The average Bonchev–Trinajstić information content (AvgIpc) is 2.85. The third-order valence-electron chi connectivity index (χ3n) is 3.02. The third-order valence-corrected chi connectivity index (χ3v) is 4.04. The molecule has 1 aromatic heterocycles. The van der Waals surface area contributed by atoms with Gasteiger partial charge in [-0.15, -0.1) is 10.2 Å². The monoisotopic (exact) mass is 308 g/mol. The summed E-state index contributed by atoms with van der Waals surface area (Å²) in [6, 6.07) is 6.10. The van der Waals surface area contributed by atoms with Crippen molar-refractivity contribution in [1.29, 1.82) is 0 Å². The van der Waals surface area contributed by atoms with E-state index in [0.717, 1.165) is 28.0 Å². The SMILES string of the molecule is COc1ccc(CSc2nnc(N)n2C(C)C)cc1OC. The molecule has 0 spiro atoms. The number of rotatable bonds is 6. The second-order valence-corrected chi connectivity index (χ2v) is 5.73. The van der Waals surface area contributed by atoms with Crippen LogP contribution in [-0.2, 0) is 5.75 Å². The Morgan fingerprint density at radius 3 is 2.52 bits per heavy atom. The molecule has 0 aliphatic rings. The Bertz CT molecular complexity index is 613. The average molecular weight is 308 g/mol. The van der Waals surface area contributed by atoms with Crippen LogP contribution < -0.4 is 15.2 Å². The van der Waals surface area contributed by atoms with E-state index < -0.39 is 0 Å². The number of anilines is 1. The van der Waals surface area contributed by atoms with E-state index in [1.807, 2.05) is 22.8 Å². The molecule has 2 N–H and O–H groups in total. The van der Waals surface area contributed by atoms with Crippen molar-refractivity contribution in [2.75, 3.05) is 20.0 Å². The predicted molar refractivity (Wildman–Crippen MR) is 83.9 cm³/mol. The van der Waals surface area contributed by atoms with Gasteiger partial charge in [0.25, 0.3) is 0 Å². The summed E-state index contributed by atoms with van der Waals surface area (Å²) in [4.78, 5) is 0. The summed E-state index contributed by atoms with van der Waals surface area (Å²) in [6.45, 7) is 4.11. The summed E-state index contributed by atoms with van der Waals surface area (Å²) in [7, 11) is 3.25. The molecule has 0 saturated heterocycles. The van der Waals surface area contributed by atoms with Crippen molar-refractivity contribution in [2.24, 2.45) is 0 Å². The molecule has 2 rings (SSSR count). The molecule has 6 nitrogen and oxygen atoms in total. The fraction of sp³-hybridized carbons (Fsp3) is 0.429. The smallest absolute Gasteiger partial charge is 0.222 e. The van der Waals surface area contributed by atoms with Crippen molar-refractivity contribution in [3.63, 3.8) is 0 Å². The Hall–Kier alpha value is -1.89. The molecule has 0 bridgehead atoms. The lowest BCUT2D eigenvalue weighted by Gasteiger charge is -2.12. The maximum Gasteiger partial charge on any atom is 0.222 e. The van der Waals surface area contributed by atoms with E-state index in [9.17, 15) is 0 Å². The van der Waals surface area contributed by atoms with E-state index in [0.29, 0.717) is 5.95 Å². The quantitative estimate of drug-likeness (QED) is 0.827. The van der Waals surface area contributed by atoms with E-state index >= 15 is 0 Å². The van der Waals surface area contributed by atoms with Gasteiger partial charge in [-0.2, -0.15) is 0 Å². The number of hydrogen-bond donors (Lipinski definition) is 1. The van der Waals surface area contributed by atoms with Gasteiger partial charge in [-0.05, 0) is 31.5 Å². The second kappa shape index (κ2) is 6.71. The first kappa shape index (κ1) is 15.5. The first-order valence-electron chi connectivity index (χ1n) is 6.61. The number of hydrogen-bond acceptors (Lipinski definition) is 6. The fourth-order valence-electron chi connectivity index (χ4n) is 1.99. The third kappa shape index (κ3) is 3.41. The number of nitrogen functional groups attached to an aromatic ring is 1. The molecule has 21 heavy (non-hydrogen) atoms. The number of thioether (sulfide) groups is 1. The van der Waals surface area contributed by atoms with Crippen molar-refractivity contribution in [3.05, 3.63) is 23.8 Å². The zero-order valence-electron chi connectivity index (χ0n) is 12.7. The highest BCUT2D eigenvalue weighted by Gasteiger charge is 2.13. The Balaban J connectivity index is 2.13. The standard InChI is InChI=1S/C14H20N4O2S/c1-9(2)18-13(15)16-17-14(18)21-8-10-5-6-11(19-3)12(7-10)20-4/h5-7,9H,8H2,1-4H3,(H2,15,16). The lowest BCUT2D eigenvalue weighted by molar-refractivity contribution is 0.354. The van der Waals surface area contributed by atoms with Gasteiger partial charge in [-0.25, -0.2) is 0 Å². The number of methoxy groups -OCH3 is 2. The Morgan fingerprint density at radius 2 is 1.90 bits per heavy atom. The van der Waals surface area contributed by atoms with Crippen molar-refractivity contribution in [2.45, 2.75) is 30.8 Å². The van der Waals surface area contributed by atoms with Crippen LogP contribution in [0.4, 0.5) is 5.95 Å². The molecule has 0 aliphatic heterocycles. The van der Waals surface area contributed by atoms with Crippen LogP contribution in [0.25, 0.3) is 0 Å². The van der Waals surface area contributed by atoms with E-state index in [4.69, 9.17) is 15.2 Å². The Kier molecular flexibility index (Phi) is 4.95. The maximum atomic E-state index is 5.83. The molecule has 0 fully saturated rings. The summed E-state index contributed by atoms with van der Waals surface area (Å²) in [5.41, 5.74) is 6.95. The van der Waals surface area contributed by atoms with E-state index in [1.54, 1.807) is 26.0 Å². The lowest BCUT2D eigenvalue weighted by Crippen LogP contribution is -2.07. The van der Waals surface area contributed by atoms with Gasteiger partial charge in [-0.3, -0.25) is 4.57 Å². The summed E-state index contributed by atoms with van der Waals surface area (Å²) >= 11 is 1.59. The van der Waals surface area contributed by atoms with Gasteiger partial charge in [0, 0.05) is 11.8 Å². The number of aromatic nitrogens is 3. The number of ether oxygens (including phenoxy) is 2. The van der Waals surface area contributed by atoms with Crippen LogP contribution in [0.1, 0.15) is 25.5 Å². The van der Waals surface area contributed by atoms with Crippen LogP contribution in [0.5, 0.6) is 11.5 Å². The highest BCUT2D eigenvalue weighted by atomic mass is 32.2. The molecular formula is C14H20N4O2S. The van der Waals surface area contributed by atoms with E-state index in [2.05, 4.69) is 24.0 Å². The molecule has 0 saturated carbocycles. The Labute approximate surface area is 128 Å². The first-order valence-corrected chi connectivity index (χ1v) is 7.59. The van der Waals surface area contributed by atoms with Gasteiger partial charge in [-0.1, -0.05) is 17.8 Å². The number of nitrogens with two attached hydrogens (primary N) is 1. The van der Waals surface area contributed by atoms with Crippen LogP contribution in [0.15, 0.2) is 23.4 Å². The molecule has 1 aromatic carbocycles. The summed E-state index contributed by atoms with van der Waals surface area (Å²) in [6.07, 6.45) is 0. The molecule has 114 valence electrons. The zero-order valence-corrected chi connectivity index (χ0v) is 13.5. The van der Waals surface area contributed by atoms with Crippen LogP contribution in [0, 0.1) is 0 Å². The van der Waals surface area contributed by atoms with Crippen LogP contribution in [0.3, 0.4) is 0 Å². The van der Waals surface area contributed by atoms with Gasteiger partial charge < -0.3 is 15.2 Å². The maximum absolute atomic E-state index is 5.83. The van der Waals surface area contributed by atoms with Crippen LogP contribution in [-0.4, -0.2) is 29.0 Å². The van der Waals surface area contributed by atoms with E-state index in [-0.39, 0.29) is 6.04 Å². The van der Waals surface area contributed by atoms with Gasteiger partial charge in [0.05, 0.1) is 14.2 Å². The summed E-state index contributed by atoms with van der Waals surface area (Å²) in [5.74, 6) is 2.65. The minimum Gasteiger partial charge on any atom is -0.493 e. The first-order chi connectivity index (χ1) is 10.1. The minimum absolute atomic E-state index is 0.230. The van der Waals surface area contributed by atoms with Crippen molar-refractivity contribution < 1.29 is 9.47 Å². The molecule has 0 unspecified atom stereocenters. The fourth-order valence-corrected chi connectivity index (χ4v) is 3.01. The lowest BCUT2D eigenvalue weighted by atomic mass is 10.2. The highest BCUT2D eigenvalue weighted by molar-refractivity contribution is 7.98. The van der Waals surface area contributed by atoms with Crippen molar-refractivity contribution in [1.82, 2.24) is 14.8 Å². The van der Waals surface area contributed by atoms with Gasteiger partial charge >= 0.3 is 0 Å². The summed E-state index contributed by atoms with van der Waals surface area (Å²) < 4.78 is 12.5. The second-order valence-electron chi connectivity index (χ2n) is 4.78. The van der Waals surface area contributed by atoms with E-state index in [1.165, 1.54) is 0 Å². The predicted octanol–water partition coefficient (Wildman–Crippen LogP) is 2.75. The molecular weight excluding hydrogens is 288 g/mol. The number of nitrogens with zero attached hydrogens (tertiary/aromatic N) is 3. The van der Waals surface area contributed by atoms with Crippen molar-refractivity contribution in [3.8, 4) is 11.5 Å². The van der Waals surface area contributed by atoms with Gasteiger partial charge in [0.1, 0.15) is 0 Å². The minimum atomic E-state index is 0.230. The molecule has 1 heterocycles. The van der Waals surface area contributed by atoms with Crippen LogP contribution >= 0.6 is 11.8 Å². The van der Waals surface area contributed by atoms with Gasteiger partial charge in [0.15, 0.2) is 16.7 Å². The number of benzene rings is 1. The molecule has 0 radical (unpaired) electrons. The topological polar surface area (TPSA) is 75.2 Å². The molecule has 0 atom stereocenters. The van der Waals surface area contributed by atoms with Crippen molar-refractivity contribution >= 4 is 17.7 Å². The Morgan fingerprint density at radius 1 is 1.19 bits per heavy atom. The summed E-state index contributed by atoms with van der Waals surface area (Å²) in [5, 5.41) is 8.88. The van der Waals surface area contributed by atoms with Crippen LogP contribution in [0.2, 0.25) is 0 Å². The molecule has 2 aromatic rings. The largest absolute Gasteiger partial charge is 0.493 e. The normalized spacial score (nSPS) is 10.9. The van der Waals surface area contributed by atoms with Gasteiger partial charge in [0.2, 0.25) is 5.95 Å². The molecule has 7 heteroatoms. The zero-order chi connectivity index (χ0) is 15.4.